The number of halogens is 1. The minimum Gasteiger partial charge on any atom is -0.377 e. The van der Waals surface area contributed by atoms with E-state index in [1.165, 1.54) is 5.56 Å². The lowest BCUT2D eigenvalue weighted by Crippen LogP contribution is -2.31. The lowest BCUT2D eigenvalue weighted by atomic mass is 9.88. The molecule has 0 saturated carbocycles. The zero-order valence-electron chi connectivity index (χ0n) is 15.1. The summed E-state index contributed by atoms with van der Waals surface area (Å²) in [7, 11) is 0. The molecular weight excluding hydrogens is 451 g/mol. The van der Waals surface area contributed by atoms with Crippen molar-refractivity contribution in [2.45, 2.75) is 27.2 Å². The molecule has 7 heteroatoms. The second-order valence-corrected chi connectivity index (χ2v) is 8.45. The fourth-order valence-electron chi connectivity index (χ4n) is 2.10. The summed E-state index contributed by atoms with van der Waals surface area (Å²) in [5.41, 5.74) is 2.56. The van der Waals surface area contributed by atoms with E-state index in [4.69, 9.17) is 21.7 Å². The molecule has 0 aromatic heterocycles. The van der Waals surface area contributed by atoms with Gasteiger partial charge in [0.05, 0.1) is 19.8 Å². The summed E-state index contributed by atoms with van der Waals surface area (Å²) in [6.45, 7) is 8.83. The first kappa shape index (κ1) is 22.3. The fraction of sp³-hybridized carbons (Fsp3) is 0.556. The van der Waals surface area contributed by atoms with Crippen molar-refractivity contribution in [2.75, 3.05) is 38.3 Å². The molecular formula is C18H27IN2O3S. The summed E-state index contributed by atoms with van der Waals surface area (Å²) >= 11 is 6.97. The molecule has 0 fully saturated rings. The summed E-state index contributed by atoms with van der Waals surface area (Å²) in [6, 6.07) is 8.33. The van der Waals surface area contributed by atoms with Crippen LogP contribution in [0.1, 0.15) is 26.3 Å². The van der Waals surface area contributed by atoms with E-state index in [0.29, 0.717) is 31.5 Å². The van der Waals surface area contributed by atoms with Crippen molar-refractivity contribution in [3.8, 4) is 0 Å². The van der Waals surface area contributed by atoms with Crippen LogP contribution in [-0.4, -0.2) is 41.9 Å². The molecule has 0 saturated heterocycles. The first-order valence-corrected chi connectivity index (χ1v) is 9.72. The van der Waals surface area contributed by atoms with E-state index in [2.05, 4.69) is 43.5 Å². The monoisotopic (exact) mass is 478 g/mol. The van der Waals surface area contributed by atoms with Gasteiger partial charge < -0.3 is 20.1 Å². The fourth-order valence-corrected chi connectivity index (χ4v) is 2.54. The van der Waals surface area contributed by atoms with Crippen LogP contribution in [0.3, 0.4) is 0 Å². The highest BCUT2D eigenvalue weighted by Gasteiger charge is 2.10. The molecule has 0 bridgehead atoms. The van der Waals surface area contributed by atoms with Gasteiger partial charge in [0.2, 0.25) is 3.79 Å². The first-order valence-electron chi connectivity index (χ1n) is 8.24. The summed E-state index contributed by atoms with van der Waals surface area (Å²) in [5.74, 6) is 0. The molecule has 0 aliphatic heterocycles. The number of carbonyl (C=O) groups excluding carboxylic acids is 1. The highest BCUT2D eigenvalue weighted by atomic mass is 127. The van der Waals surface area contributed by atoms with Crippen LogP contribution in [0.15, 0.2) is 24.3 Å². The maximum atomic E-state index is 10.7. The van der Waals surface area contributed by atoms with E-state index in [0.717, 1.165) is 12.1 Å². The summed E-state index contributed by atoms with van der Waals surface area (Å²) in [6.07, 6.45) is 1.04. The molecule has 0 aliphatic rings. The number of carbonyl (C=O) groups is 1. The lowest BCUT2D eigenvalue weighted by Gasteiger charge is -2.18. The first-order chi connectivity index (χ1) is 11.8. The van der Waals surface area contributed by atoms with Crippen LogP contribution in [0.2, 0.25) is 0 Å². The molecule has 0 radical (unpaired) electrons. The Hall–Kier alpha value is -0.770. The SMILES string of the molecule is CC(C)(C)Cc1ccc(NC(=S)NCCOCCOCC(=O)I)cc1. The second-order valence-electron chi connectivity index (χ2n) is 6.84. The molecule has 1 rings (SSSR count). The Morgan fingerprint density at radius 3 is 2.36 bits per heavy atom. The summed E-state index contributed by atoms with van der Waals surface area (Å²) in [4.78, 5) is 10.7. The van der Waals surface area contributed by atoms with Gasteiger partial charge in [0.25, 0.3) is 0 Å². The van der Waals surface area contributed by atoms with Crippen molar-refractivity contribution in [3.63, 3.8) is 0 Å². The Labute approximate surface area is 169 Å². The van der Waals surface area contributed by atoms with Crippen LogP contribution in [0.4, 0.5) is 5.69 Å². The van der Waals surface area contributed by atoms with Crippen molar-refractivity contribution >= 4 is 49.4 Å². The van der Waals surface area contributed by atoms with Gasteiger partial charge in [-0.2, -0.15) is 0 Å². The van der Waals surface area contributed by atoms with E-state index in [1.54, 1.807) is 22.6 Å². The number of hydrogen-bond donors (Lipinski definition) is 2. The highest BCUT2D eigenvalue weighted by molar-refractivity contribution is 14.1. The number of benzene rings is 1. The van der Waals surface area contributed by atoms with Gasteiger partial charge in [-0.05, 0) is 41.7 Å². The number of nitrogens with one attached hydrogen (secondary N) is 2. The Morgan fingerprint density at radius 1 is 1.12 bits per heavy atom. The molecule has 25 heavy (non-hydrogen) atoms. The second kappa shape index (κ2) is 11.8. The molecule has 0 aliphatic carbocycles. The molecule has 0 spiro atoms. The van der Waals surface area contributed by atoms with Gasteiger partial charge >= 0.3 is 0 Å². The standard InChI is InChI=1S/C18H27IN2O3S/c1-18(2,3)12-14-4-6-15(7-5-14)21-17(25)20-8-9-23-10-11-24-13-16(19)22/h4-7H,8-13H2,1-3H3,(H2,20,21,25). The molecule has 140 valence electrons. The van der Waals surface area contributed by atoms with Gasteiger partial charge in [0, 0.05) is 34.8 Å². The topological polar surface area (TPSA) is 59.6 Å². The predicted octanol–water partition coefficient (Wildman–Crippen LogP) is 3.56. The Balaban J connectivity index is 2.15. The number of hydrogen-bond acceptors (Lipinski definition) is 4. The Kier molecular flexibility index (Phi) is 10.5. The molecule has 2 N–H and O–H groups in total. The largest absolute Gasteiger partial charge is 0.377 e. The minimum absolute atomic E-state index is 0.0119. The van der Waals surface area contributed by atoms with Gasteiger partial charge in [0.15, 0.2) is 5.11 Å². The normalized spacial score (nSPS) is 11.2. The third-order valence-corrected chi connectivity index (χ3v) is 3.62. The van der Waals surface area contributed by atoms with Crippen molar-refractivity contribution in [2.24, 2.45) is 5.41 Å². The van der Waals surface area contributed by atoms with E-state index >= 15 is 0 Å². The average molecular weight is 478 g/mol. The Morgan fingerprint density at radius 2 is 1.76 bits per heavy atom. The van der Waals surface area contributed by atoms with E-state index in [-0.39, 0.29) is 15.8 Å². The summed E-state index contributed by atoms with van der Waals surface area (Å²) < 4.78 is 10.5. The smallest absolute Gasteiger partial charge is 0.217 e. The number of ether oxygens (including phenoxy) is 2. The zero-order valence-corrected chi connectivity index (χ0v) is 18.0. The third-order valence-electron chi connectivity index (χ3n) is 3.07. The van der Waals surface area contributed by atoms with Crippen LogP contribution in [0.5, 0.6) is 0 Å². The molecule has 0 amide bonds. The highest BCUT2D eigenvalue weighted by Crippen LogP contribution is 2.21. The molecule has 0 unspecified atom stereocenters. The Bertz CT molecular complexity index is 544. The average Bonchev–Trinajstić information content (AvgIpc) is 2.50. The molecule has 1 aromatic rings. The lowest BCUT2D eigenvalue weighted by molar-refractivity contribution is -0.114. The van der Waals surface area contributed by atoms with Crippen LogP contribution in [0.25, 0.3) is 0 Å². The van der Waals surface area contributed by atoms with E-state index < -0.39 is 0 Å². The van der Waals surface area contributed by atoms with Crippen molar-refractivity contribution in [1.29, 1.82) is 0 Å². The van der Waals surface area contributed by atoms with Crippen LogP contribution < -0.4 is 10.6 Å². The van der Waals surface area contributed by atoms with Gasteiger partial charge in [-0.1, -0.05) is 32.9 Å². The molecule has 1 aromatic carbocycles. The zero-order chi connectivity index (χ0) is 18.7. The van der Waals surface area contributed by atoms with Crippen LogP contribution >= 0.6 is 34.8 Å². The maximum absolute atomic E-state index is 10.7. The molecule has 0 atom stereocenters. The molecule has 5 nitrogen and oxygen atoms in total. The van der Waals surface area contributed by atoms with Crippen LogP contribution in [-0.2, 0) is 20.7 Å². The van der Waals surface area contributed by atoms with Gasteiger partial charge in [-0.15, -0.1) is 0 Å². The maximum Gasteiger partial charge on any atom is 0.217 e. The predicted molar refractivity (Wildman–Crippen MR) is 114 cm³/mol. The number of thiocarbonyl (C=S) groups is 1. The van der Waals surface area contributed by atoms with Gasteiger partial charge in [-0.3, -0.25) is 4.79 Å². The van der Waals surface area contributed by atoms with Crippen molar-refractivity contribution in [1.82, 2.24) is 5.32 Å². The van der Waals surface area contributed by atoms with Crippen molar-refractivity contribution in [3.05, 3.63) is 29.8 Å². The summed E-state index contributed by atoms with van der Waals surface area (Å²) in [5, 5.41) is 6.82. The quantitative estimate of drug-likeness (QED) is 0.232. The van der Waals surface area contributed by atoms with E-state index in [9.17, 15) is 4.79 Å². The van der Waals surface area contributed by atoms with Gasteiger partial charge in [0.1, 0.15) is 6.61 Å². The third kappa shape index (κ3) is 12.3. The minimum atomic E-state index is -0.0119. The molecule has 0 heterocycles. The van der Waals surface area contributed by atoms with Crippen molar-refractivity contribution < 1.29 is 14.3 Å². The number of rotatable bonds is 10. The van der Waals surface area contributed by atoms with Gasteiger partial charge in [-0.25, -0.2) is 0 Å². The van der Waals surface area contributed by atoms with Crippen LogP contribution in [0, 0.1) is 5.41 Å². The van der Waals surface area contributed by atoms with E-state index in [1.807, 2.05) is 12.1 Å². The number of anilines is 1.